The largest absolute Gasteiger partial charge is 0.360 e. The lowest BCUT2D eigenvalue weighted by Gasteiger charge is -2.30. The lowest BCUT2D eigenvalue weighted by molar-refractivity contribution is -0.143. The summed E-state index contributed by atoms with van der Waals surface area (Å²) in [5.74, 6) is -0.727. The van der Waals surface area contributed by atoms with Crippen LogP contribution in [0.25, 0.3) is 0 Å². The highest BCUT2D eigenvalue weighted by atomic mass is 16.5. The highest BCUT2D eigenvalue weighted by Crippen LogP contribution is 2.53. The average molecular weight is 410 g/mol. The summed E-state index contributed by atoms with van der Waals surface area (Å²) in [6.45, 7) is 3.05. The fourth-order valence-corrected chi connectivity index (χ4v) is 5.93. The fourth-order valence-electron chi connectivity index (χ4n) is 5.93. The van der Waals surface area contributed by atoms with Crippen LogP contribution in [-0.4, -0.2) is 57.9 Å². The molecule has 0 unspecified atom stereocenters. The van der Waals surface area contributed by atoms with Crippen molar-refractivity contribution in [2.75, 3.05) is 13.6 Å². The van der Waals surface area contributed by atoms with E-state index >= 15 is 0 Å². The van der Waals surface area contributed by atoms with Crippen molar-refractivity contribution in [2.24, 2.45) is 11.8 Å². The predicted molar refractivity (Wildman–Crippen MR) is 112 cm³/mol. The fraction of sp³-hybridized carbons (Fsp3) is 0.625. The number of rotatable bonds is 4. The molecular weight excluding hydrogens is 378 g/mol. The van der Waals surface area contributed by atoms with Gasteiger partial charge < -0.3 is 14.5 Å². The van der Waals surface area contributed by atoms with Crippen LogP contribution in [0.5, 0.6) is 0 Å². The van der Waals surface area contributed by atoms with Crippen LogP contribution < -0.4 is 0 Å². The van der Waals surface area contributed by atoms with E-state index in [9.17, 15) is 9.59 Å². The molecule has 5 rings (SSSR count). The molecule has 6 heteroatoms. The Morgan fingerprint density at radius 1 is 1.30 bits per heavy atom. The van der Waals surface area contributed by atoms with Crippen molar-refractivity contribution in [1.82, 2.24) is 14.8 Å². The van der Waals surface area contributed by atoms with Crippen molar-refractivity contribution in [2.45, 2.75) is 69.7 Å². The number of ether oxygens (including phenoxy) is 1. The SMILES string of the molecule is Cc1cccnc1CN(C)C(=O)[C@H]1[C@@H]2C=C[C@@]3(CN(C4CCCCCC4)C(=O)[C@H]13)O2. The van der Waals surface area contributed by atoms with Gasteiger partial charge in [-0.05, 0) is 31.4 Å². The standard InChI is InChI=1S/C24H31N3O3/c1-16-8-7-13-25-18(16)14-26(2)22(28)20-19-11-12-24(30-19)15-27(23(29)21(20)24)17-9-5-3-4-6-10-17/h7-8,11-13,17,19-21H,3-6,9-10,14-15H2,1-2H3/t19-,20-,21-,24-/m0/s1. The highest BCUT2D eigenvalue weighted by Gasteiger charge is 2.67. The van der Waals surface area contributed by atoms with Gasteiger partial charge in [-0.1, -0.05) is 43.9 Å². The summed E-state index contributed by atoms with van der Waals surface area (Å²) >= 11 is 0. The van der Waals surface area contributed by atoms with Crippen LogP contribution in [0.4, 0.5) is 0 Å². The summed E-state index contributed by atoms with van der Waals surface area (Å²) in [5.41, 5.74) is 1.34. The molecule has 4 heterocycles. The van der Waals surface area contributed by atoms with E-state index in [1.54, 1.807) is 18.1 Å². The Bertz CT molecular complexity index is 876. The Morgan fingerprint density at radius 2 is 2.07 bits per heavy atom. The van der Waals surface area contributed by atoms with Gasteiger partial charge in [0.1, 0.15) is 5.60 Å². The maximum Gasteiger partial charge on any atom is 0.230 e. The molecule has 1 aromatic rings. The van der Waals surface area contributed by atoms with E-state index in [-0.39, 0.29) is 17.9 Å². The van der Waals surface area contributed by atoms with Crippen molar-refractivity contribution < 1.29 is 14.3 Å². The summed E-state index contributed by atoms with van der Waals surface area (Å²) in [5, 5.41) is 0. The minimum Gasteiger partial charge on any atom is -0.360 e. The van der Waals surface area contributed by atoms with E-state index in [0.717, 1.165) is 24.1 Å². The van der Waals surface area contributed by atoms with Crippen LogP contribution in [0.15, 0.2) is 30.5 Å². The lowest BCUT2D eigenvalue weighted by atomic mass is 9.76. The molecule has 4 aliphatic rings. The second kappa shape index (κ2) is 7.49. The number of fused-ring (bicyclic) bond motifs is 1. The van der Waals surface area contributed by atoms with Crippen LogP contribution in [0.1, 0.15) is 49.8 Å². The van der Waals surface area contributed by atoms with Crippen molar-refractivity contribution in [3.8, 4) is 0 Å². The Hall–Kier alpha value is -2.21. The number of hydrogen-bond acceptors (Lipinski definition) is 4. The lowest BCUT2D eigenvalue weighted by Crippen LogP contribution is -2.45. The van der Waals surface area contributed by atoms with Gasteiger partial charge in [-0.25, -0.2) is 0 Å². The zero-order chi connectivity index (χ0) is 20.9. The van der Waals surface area contributed by atoms with Gasteiger partial charge in [0.15, 0.2) is 0 Å². The van der Waals surface area contributed by atoms with E-state index < -0.39 is 17.4 Å². The maximum atomic E-state index is 13.6. The molecule has 0 radical (unpaired) electrons. The number of carbonyl (C=O) groups excluding carboxylic acids is 2. The smallest absolute Gasteiger partial charge is 0.230 e. The number of aromatic nitrogens is 1. The van der Waals surface area contributed by atoms with Crippen molar-refractivity contribution in [3.63, 3.8) is 0 Å². The normalized spacial score (nSPS) is 33.1. The number of aryl methyl sites for hydroxylation is 1. The average Bonchev–Trinajstić information content (AvgIpc) is 3.29. The van der Waals surface area contributed by atoms with E-state index in [2.05, 4.69) is 11.1 Å². The zero-order valence-corrected chi connectivity index (χ0v) is 17.9. The number of amides is 2. The van der Waals surface area contributed by atoms with E-state index in [1.165, 1.54) is 25.7 Å². The molecule has 1 spiro atoms. The van der Waals surface area contributed by atoms with Crippen LogP contribution >= 0.6 is 0 Å². The molecule has 1 saturated carbocycles. The van der Waals surface area contributed by atoms with Gasteiger partial charge >= 0.3 is 0 Å². The van der Waals surface area contributed by atoms with Crippen molar-refractivity contribution in [1.29, 1.82) is 0 Å². The molecule has 0 N–H and O–H groups in total. The first-order chi connectivity index (χ1) is 14.5. The second-order valence-electron chi connectivity index (χ2n) is 9.47. The first kappa shape index (κ1) is 19.7. The molecule has 160 valence electrons. The van der Waals surface area contributed by atoms with Gasteiger partial charge in [0, 0.05) is 19.3 Å². The summed E-state index contributed by atoms with van der Waals surface area (Å²) < 4.78 is 6.33. The molecule has 4 atom stereocenters. The van der Waals surface area contributed by atoms with Gasteiger partial charge in [-0.2, -0.15) is 0 Å². The quantitative estimate of drug-likeness (QED) is 0.567. The first-order valence-corrected chi connectivity index (χ1v) is 11.3. The van der Waals surface area contributed by atoms with Crippen LogP contribution in [0.3, 0.4) is 0 Å². The summed E-state index contributed by atoms with van der Waals surface area (Å²) in [7, 11) is 1.81. The number of pyridine rings is 1. The maximum absolute atomic E-state index is 13.6. The molecule has 1 aliphatic carbocycles. The molecule has 0 aromatic carbocycles. The number of carbonyl (C=O) groups is 2. The highest BCUT2D eigenvalue weighted by molar-refractivity contribution is 5.93. The van der Waals surface area contributed by atoms with Crippen LogP contribution in [-0.2, 0) is 20.9 Å². The third-order valence-corrected chi connectivity index (χ3v) is 7.56. The molecule has 2 bridgehead atoms. The van der Waals surface area contributed by atoms with E-state index in [0.29, 0.717) is 19.1 Å². The number of nitrogens with zero attached hydrogens (tertiary/aromatic N) is 3. The van der Waals surface area contributed by atoms with Crippen LogP contribution in [0.2, 0.25) is 0 Å². The Labute approximate surface area is 178 Å². The Kier molecular flexibility index (Phi) is 4.92. The van der Waals surface area contributed by atoms with E-state index in [1.807, 2.05) is 30.0 Å². The first-order valence-electron chi connectivity index (χ1n) is 11.3. The van der Waals surface area contributed by atoms with E-state index in [4.69, 9.17) is 4.74 Å². The molecular formula is C24H31N3O3. The predicted octanol–water partition coefficient (Wildman–Crippen LogP) is 2.85. The molecule has 2 saturated heterocycles. The summed E-state index contributed by atoms with van der Waals surface area (Å²) in [4.78, 5) is 35.2. The van der Waals surface area contributed by atoms with Gasteiger partial charge in [0.2, 0.25) is 11.8 Å². The van der Waals surface area contributed by atoms with Gasteiger partial charge in [-0.15, -0.1) is 0 Å². The molecule has 1 aromatic heterocycles. The molecule has 3 fully saturated rings. The molecule has 3 aliphatic heterocycles. The Balaban J connectivity index is 1.36. The monoisotopic (exact) mass is 409 g/mol. The topological polar surface area (TPSA) is 62.7 Å². The van der Waals surface area contributed by atoms with Gasteiger partial charge in [0.05, 0.1) is 36.7 Å². The molecule has 6 nitrogen and oxygen atoms in total. The number of likely N-dealkylation sites (tertiary alicyclic amines) is 1. The van der Waals surface area contributed by atoms with Gasteiger partial charge in [-0.3, -0.25) is 14.6 Å². The summed E-state index contributed by atoms with van der Waals surface area (Å²) in [6.07, 6.45) is 12.5. The Morgan fingerprint density at radius 3 is 2.80 bits per heavy atom. The minimum atomic E-state index is -0.615. The van der Waals surface area contributed by atoms with Crippen molar-refractivity contribution >= 4 is 11.8 Å². The van der Waals surface area contributed by atoms with Crippen LogP contribution in [0, 0.1) is 18.8 Å². The zero-order valence-electron chi connectivity index (χ0n) is 17.9. The number of hydrogen-bond donors (Lipinski definition) is 0. The van der Waals surface area contributed by atoms with Crippen molar-refractivity contribution in [3.05, 3.63) is 41.7 Å². The third-order valence-electron chi connectivity index (χ3n) is 7.56. The van der Waals surface area contributed by atoms with Gasteiger partial charge in [0.25, 0.3) is 0 Å². The third kappa shape index (κ3) is 3.08. The summed E-state index contributed by atoms with van der Waals surface area (Å²) in [6, 6.07) is 4.20. The second-order valence-corrected chi connectivity index (χ2v) is 9.47. The molecule has 30 heavy (non-hydrogen) atoms. The minimum absolute atomic E-state index is 0.0163. The molecule has 2 amide bonds.